The third-order valence-electron chi connectivity index (χ3n) is 4.41. The van der Waals surface area contributed by atoms with E-state index in [0.29, 0.717) is 29.4 Å². The molecule has 0 radical (unpaired) electrons. The number of amides is 2. The van der Waals surface area contributed by atoms with Crippen molar-refractivity contribution in [2.75, 3.05) is 19.6 Å². The maximum absolute atomic E-state index is 12.2. The number of hydrogen-bond donors (Lipinski definition) is 3. The van der Waals surface area contributed by atoms with Gasteiger partial charge < -0.3 is 16.0 Å². The molecule has 132 valence electrons. The van der Waals surface area contributed by atoms with E-state index in [1.165, 1.54) is 17.8 Å². The Hall–Kier alpha value is -2.18. The molecule has 6 heteroatoms. The zero-order valence-corrected chi connectivity index (χ0v) is 14.9. The largest absolute Gasteiger partial charge is 0.352 e. The van der Waals surface area contributed by atoms with Gasteiger partial charge in [0.05, 0.1) is 4.88 Å². The summed E-state index contributed by atoms with van der Waals surface area (Å²) in [6.45, 7) is 3.31. The van der Waals surface area contributed by atoms with Crippen molar-refractivity contribution >= 4 is 23.2 Å². The van der Waals surface area contributed by atoms with Gasteiger partial charge in [0.15, 0.2) is 0 Å². The van der Waals surface area contributed by atoms with Crippen LogP contribution in [0.1, 0.15) is 38.4 Å². The Morgan fingerprint density at radius 3 is 2.64 bits per heavy atom. The van der Waals surface area contributed by atoms with Crippen molar-refractivity contribution in [3.8, 4) is 0 Å². The molecule has 2 amide bonds. The van der Waals surface area contributed by atoms with E-state index in [0.717, 1.165) is 25.1 Å². The number of carbonyl (C=O) groups excluding carboxylic acids is 2. The second-order valence-electron chi connectivity index (χ2n) is 6.26. The predicted octanol–water partition coefficient (Wildman–Crippen LogP) is 2.41. The summed E-state index contributed by atoms with van der Waals surface area (Å²) in [5.41, 5.74) is 1.62. The van der Waals surface area contributed by atoms with Gasteiger partial charge in [0.25, 0.3) is 11.8 Å². The molecule has 2 aromatic rings. The Bertz CT molecular complexity index is 692. The number of hydrogen-bond acceptors (Lipinski definition) is 4. The van der Waals surface area contributed by atoms with Gasteiger partial charge in [-0.2, -0.15) is 0 Å². The molecule has 0 bridgehead atoms. The molecule has 25 heavy (non-hydrogen) atoms. The van der Waals surface area contributed by atoms with E-state index in [2.05, 4.69) is 16.0 Å². The van der Waals surface area contributed by atoms with Crippen LogP contribution >= 0.6 is 11.3 Å². The zero-order chi connectivity index (χ0) is 17.5. The molecule has 0 saturated carbocycles. The Labute approximate surface area is 151 Å². The minimum atomic E-state index is -0.0711. The zero-order valence-electron chi connectivity index (χ0n) is 14.1. The minimum absolute atomic E-state index is 0.0415. The molecule has 0 aliphatic carbocycles. The lowest BCUT2D eigenvalue weighted by Gasteiger charge is -2.10. The third-order valence-corrected chi connectivity index (χ3v) is 5.28. The summed E-state index contributed by atoms with van der Waals surface area (Å²) in [5, 5.41) is 11.1. The fourth-order valence-corrected chi connectivity index (χ4v) is 3.54. The van der Waals surface area contributed by atoms with Gasteiger partial charge in [-0.3, -0.25) is 9.59 Å². The lowest BCUT2D eigenvalue weighted by Crippen LogP contribution is -2.26. The standard InChI is InChI=1S/C19H23N3O2S/c23-18(21-10-8-15-7-9-20-12-15)16-5-3-14(4-6-16)13-22-19(24)17-2-1-11-25-17/h1-6,11,15,20H,7-10,12-13H2,(H,21,23)(H,22,24). The average Bonchev–Trinajstić information content (AvgIpc) is 3.34. The van der Waals surface area contributed by atoms with Crippen molar-refractivity contribution in [1.82, 2.24) is 16.0 Å². The van der Waals surface area contributed by atoms with Crippen LogP contribution in [0.4, 0.5) is 0 Å². The van der Waals surface area contributed by atoms with Crippen LogP contribution in [0, 0.1) is 5.92 Å². The first-order valence-corrected chi connectivity index (χ1v) is 9.50. The van der Waals surface area contributed by atoms with Crippen molar-refractivity contribution in [2.24, 2.45) is 5.92 Å². The molecule has 1 unspecified atom stereocenters. The van der Waals surface area contributed by atoms with Crippen LogP contribution in [0.25, 0.3) is 0 Å². The molecule has 1 saturated heterocycles. The molecule has 1 fully saturated rings. The Morgan fingerprint density at radius 2 is 1.96 bits per heavy atom. The predicted molar refractivity (Wildman–Crippen MR) is 99.9 cm³/mol. The molecule has 2 heterocycles. The summed E-state index contributed by atoms with van der Waals surface area (Å²) in [5.74, 6) is 0.563. The van der Waals surface area contributed by atoms with E-state index in [1.807, 2.05) is 23.6 Å². The molecule has 1 aromatic carbocycles. The van der Waals surface area contributed by atoms with E-state index in [1.54, 1.807) is 18.2 Å². The molecular formula is C19H23N3O2S. The SMILES string of the molecule is O=C(NCCC1CCNC1)c1ccc(CNC(=O)c2cccs2)cc1. The third kappa shape index (κ3) is 5.14. The van der Waals surface area contributed by atoms with Crippen molar-refractivity contribution < 1.29 is 9.59 Å². The molecular weight excluding hydrogens is 334 g/mol. The van der Waals surface area contributed by atoms with E-state index in [-0.39, 0.29) is 11.8 Å². The first-order valence-electron chi connectivity index (χ1n) is 8.62. The summed E-state index contributed by atoms with van der Waals surface area (Å²) in [6, 6.07) is 11.0. The minimum Gasteiger partial charge on any atom is -0.352 e. The smallest absolute Gasteiger partial charge is 0.261 e. The van der Waals surface area contributed by atoms with Crippen LogP contribution in [-0.4, -0.2) is 31.4 Å². The molecule has 1 aromatic heterocycles. The van der Waals surface area contributed by atoms with Crippen molar-refractivity contribution in [3.05, 3.63) is 57.8 Å². The van der Waals surface area contributed by atoms with Gasteiger partial charge in [-0.15, -0.1) is 11.3 Å². The molecule has 5 nitrogen and oxygen atoms in total. The summed E-state index contributed by atoms with van der Waals surface area (Å²) >= 11 is 1.42. The van der Waals surface area contributed by atoms with Crippen LogP contribution in [0.5, 0.6) is 0 Å². The molecule has 1 atom stereocenters. The molecule has 1 aliphatic heterocycles. The van der Waals surface area contributed by atoms with Gasteiger partial charge in [0.2, 0.25) is 0 Å². The second kappa shape index (κ2) is 8.78. The van der Waals surface area contributed by atoms with Crippen LogP contribution in [0.15, 0.2) is 41.8 Å². The Kier molecular flexibility index (Phi) is 6.19. The monoisotopic (exact) mass is 357 g/mol. The highest BCUT2D eigenvalue weighted by molar-refractivity contribution is 7.12. The summed E-state index contributed by atoms with van der Waals surface area (Å²) < 4.78 is 0. The van der Waals surface area contributed by atoms with Crippen molar-refractivity contribution in [3.63, 3.8) is 0 Å². The van der Waals surface area contributed by atoms with E-state index in [4.69, 9.17) is 0 Å². The van der Waals surface area contributed by atoms with E-state index in [9.17, 15) is 9.59 Å². The topological polar surface area (TPSA) is 70.2 Å². The number of carbonyl (C=O) groups is 2. The highest BCUT2D eigenvalue weighted by Gasteiger charge is 2.14. The Balaban J connectivity index is 1.43. The maximum atomic E-state index is 12.2. The highest BCUT2D eigenvalue weighted by atomic mass is 32.1. The fraction of sp³-hybridized carbons (Fsp3) is 0.368. The number of rotatable bonds is 7. The van der Waals surface area contributed by atoms with Gasteiger partial charge in [-0.1, -0.05) is 18.2 Å². The molecule has 3 N–H and O–H groups in total. The van der Waals surface area contributed by atoms with Crippen LogP contribution in [-0.2, 0) is 6.54 Å². The Morgan fingerprint density at radius 1 is 1.12 bits per heavy atom. The maximum Gasteiger partial charge on any atom is 0.261 e. The first-order chi connectivity index (χ1) is 12.2. The fourth-order valence-electron chi connectivity index (χ4n) is 2.90. The summed E-state index contributed by atoms with van der Waals surface area (Å²) in [7, 11) is 0. The van der Waals surface area contributed by atoms with Gasteiger partial charge in [0.1, 0.15) is 0 Å². The van der Waals surface area contributed by atoms with Crippen molar-refractivity contribution in [2.45, 2.75) is 19.4 Å². The summed E-state index contributed by atoms with van der Waals surface area (Å²) in [4.78, 5) is 24.8. The lowest BCUT2D eigenvalue weighted by molar-refractivity contribution is 0.0944. The van der Waals surface area contributed by atoms with E-state index >= 15 is 0 Å². The van der Waals surface area contributed by atoms with Crippen molar-refractivity contribution in [1.29, 1.82) is 0 Å². The molecule has 3 rings (SSSR count). The second-order valence-corrected chi connectivity index (χ2v) is 7.21. The highest BCUT2D eigenvalue weighted by Crippen LogP contribution is 2.11. The van der Waals surface area contributed by atoms with E-state index < -0.39 is 0 Å². The number of nitrogens with one attached hydrogen (secondary N) is 3. The number of thiophene rings is 1. The normalized spacial score (nSPS) is 16.6. The first kappa shape index (κ1) is 17.6. The van der Waals surface area contributed by atoms with Gasteiger partial charge in [0, 0.05) is 18.7 Å². The molecule has 0 spiro atoms. The van der Waals surface area contributed by atoms with Crippen LogP contribution < -0.4 is 16.0 Å². The van der Waals surface area contributed by atoms with Gasteiger partial charge >= 0.3 is 0 Å². The van der Waals surface area contributed by atoms with Gasteiger partial charge in [-0.05, 0) is 61.0 Å². The number of benzene rings is 1. The summed E-state index contributed by atoms with van der Waals surface area (Å²) in [6.07, 6.45) is 2.22. The quantitative estimate of drug-likeness (QED) is 0.713. The van der Waals surface area contributed by atoms with Crippen LogP contribution in [0.3, 0.4) is 0 Å². The lowest BCUT2D eigenvalue weighted by atomic mass is 10.1. The average molecular weight is 357 g/mol. The molecule has 1 aliphatic rings. The van der Waals surface area contributed by atoms with Crippen LogP contribution in [0.2, 0.25) is 0 Å². The van der Waals surface area contributed by atoms with Gasteiger partial charge in [-0.25, -0.2) is 0 Å².